The molecular formula is C17H16N2O2. The number of rotatable bonds is 5. The topological polar surface area (TPSA) is 47.3 Å². The van der Waals surface area contributed by atoms with Crippen LogP contribution >= 0.6 is 0 Å². The van der Waals surface area contributed by atoms with E-state index in [2.05, 4.69) is 10.5 Å². The molecule has 3 rings (SSSR count). The molecule has 1 N–H and O–H groups in total. The van der Waals surface area contributed by atoms with Gasteiger partial charge in [-0.25, -0.2) is 0 Å². The van der Waals surface area contributed by atoms with Crippen molar-refractivity contribution in [2.75, 3.05) is 12.4 Å². The number of para-hydroxylation sites is 2. The molecule has 3 aromatic rings. The standard InChI is InChI=1S/C17H16N2O2/c1-20-17-10-6-5-9-15(17)18-12-14-11-16(19-21-14)13-7-3-2-4-8-13/h2-11,18H,12H2,1H3. The first-order chi connectivity index (χ1) is 10.4. The molecule has 0 aliphatic heterocycles. The van der Waals surface area contributed by atoms with Crippen molar-refractivity contribution in [1.82, 2.24) is 5.16 Å². The van der Waals surface area contributed by atoms with Gasteiger partial charge in [-0.1, -0.05) is 47.6 Å². The molecule has 2 aromatic carbocycles. The number of anilines is 1. The van der Waals surface area contributed by atoms with Crippen LogP contribution in [0.4, 0.5) is 5.69 Å². The zero-order valence-corrected chi connectivity index (χ0v) is 11.7. The van der Waals surface area contributed by atoms with Crippen molar-refractivity contribution in [2.45, 2.75) is 6.54 Å². The van der Waals surface area contributed by atoms with E-state index in [-0.39, 0.29) is 0 Å². The highest BCUT2D eigenvalue weighted by molar-refractivity contribution is 5.59. The number of aromatic nitrogens is 1. The number of hydrogen-bond donors (Lipinski definition) is 1. The zero-order chi connectivity index (χ0) is 14.5. The molecule has 0 aliphatic carbocycles. The summed E-state index contributed by atoms with van der Waals surface area (Å²) in [7, 11) is 1.66. The largest absolute Gasteiger partial charge is 0.495 e. The van der Waals surface area contributed by atoms with E-state index in [0.717, 1.165) is 28.5 Å². The molecule has 0 radical (unpaired) electrons. The summed E-state index contributed by atoms with van der Waals surface area (Å²) < 4.78 is 10.7. The molecular weight excluding hydrogens is 264 g/mol. The lowest BCUT2D eigenvalue weighted by atomic mass is 10.1. The van der Waals surface area contributed by atoms with Crippen molar-refractivity contribution in [1.29, 1.82) is 0 Å². The summed E-state index contributed by atoms with van der Waals surface area (Å²) in [6, 6.07) is 19.7. The van der Waals surface area contributed by atoms with Gasteiger partial charge < -0.3 is 14.6 Å². The Morgan fingerprint density at radius 3 is 2.62 bits per heavy atom. The Morgan fingerprint density at radius 2 is 1.81 bits per heavy atom. The fourth-order valence-corrected chi connectivity index (χ4v) is 2.11. The van der Waals surface area contributed by atoms with E-state index in [9.17, 15) is 0 Å². The van der Waals surface area contributed by atoms with Crippen LogP contribution in [-0.4, -0.2) is 12.3 Å². The molecule has 106 valence electrons. The maximum Gasteiger partial charge on any atom is 0.156 e. The molecule has 4 heteroatoms. The highest BCUT2D eigenvalue weighted by atomic mass is 16.5. The molecule has 4 nitrogen and oxygen atoms in total. The third-order valence-electron chi connectivity index (χ3n) is 3.19. The first-order valence-corrected chi connectivity index (χ1v) is 6.75. The molecule has 0 aliphatic rings. The number of nitrogens with zero attached hydrogens (tertiary/aromatic N) is 1. The van der Waals surface area contributed by atoms with Crippen molar-refractivity contribution < 1.29 is 9.26 Å². The van der Waals surface area contributed by atoms with Crippen molar-refractivity contribution in [3.05, 3.63) is 66.4 Å². The average molecular weight is 280 g/mol. The third kappa shape index (κ3) is 3.05. The van der Waals surface area contributed by atoms with Gasteiger partial charge in [0.1, 0.15) is 11.4 Å². The highest BCUT2D eigenvalue weighted by Crippen LogP contribution is 2.24. The van der Waals surface area contributed by atoms with Gasteiger partial charge in [-0.05, 0) is 12.1 Å². The first-order valence-electron chi connectivity index (χ1n) is 6.75. The van der Waals surface area contributed by atoms with E-state index in [1.54, 1.807) is 7.11 Å². The fourth-order valence-electron chi connectivity index (χ4n) is 2.11. The lowest BCUT2D eigenvalue weighted by molar-refractivity contribution is 0.389. The molecule has 1 aromatic heterocycles. The second kappa shape index (κ2) is 6.13. The van der Waals surface area contributed by atoms with Crippen LogP contribution in [0.5, 0.6) is 5.75 Å². The number of methoxy groups -OCH3 is 1. The SMILES string of the molecule is COc1ccccc1NCc1cc(-c2ccccc2)no1. The van der Waals surface area contributed by atoms with Gasteiger partial charge in [0.15, 0.2) is 5.76 Å². The lowest BCUT2D eigenvalue weighted by Crippen LogP contribution is -2.00. The first kappa shape index (κ1) is 13.2. The van der Waals surface area contributed by atoms with E-state index >= 15 is 0 Å². The van der Waals surface area contributed by atoms with Crippen LogP contribution in [0.3, 0.4) is 0 Å². The van der Waals surface area contributed by atoms with E-state index in [4.69, 9.17) is 9.26 Å². The van der Waals surface area contributed by atoms with Crippen molar-refractivity contribution in [2.24, 2.45) is 0 Å². The Labute approximate surface area is 123 Å². The summed E-state index contributed by atoms with van der Waals surface area (Å²) >= 11 is 0. The molecule has 1 heterocycles. The van der Waals surface area contributed by atoms with Gasteiger partial charge in [0, 0.05) is 11.6 Å². The molecule has 0 saturated heterocycles. The summed E-state index contributed by atoms with van der Waals surface area (Å²) in [6.45, 7) is 0.556. The highest BCUT2D eigenvalue weighted by Gasteiger charge is 2.07. The van der Waals surface area contributed by atoms with Gasteiger partial charge in [-0.2, -0.15) is 0 Å². The molecule has 21 heavy (non-hydrogen) atoms. The van der Waals surface area contributed by atoms with Gasteiger partial charge in [0.05, 0.1) is 19.3 Å². The normalized spacial score (nSPS) is 10.3. The van der Waals surface area contributed by atoms with Crippen molar-refractivity contribution >= 4 is 5.69 Å². The van der Waals surface area contributed by atoms with E-state index < -0.39 is 0 Å². The molecule has 0 unspecified atom stereocenters. The quantitative estimate of drug-likeness (QED) is 0.768. The molecule has 0 bridgehead atoms. The minimum Gasteiger partial charge on any atom is -0.495 e. The van der Waals surface area contributed by atoms with Gasteiger partial charge >= 0.3 is 0 Å². The Kier molecular flexibility index (Phi) is 3.87. The van der Waals surface area contributed by atoms with Gasteiger partial charge in [0.2, 0.25) is 0 Å². The van der Waals surface area contributed by atoms with Crippen LogP contribution in [-0.2, 0) is 6.54 Å². The monoisotopic (exact) mass is 280 g/mol. The fraction of sp³-hybridized carbons (Fsp3) is 0.118. The van der Waals surface area contributed by atoms with E-state index in [1.807, 2.05) is 60.7 Å². The van der Waals surface area contributed by atoms with E-state index in [0.29, 0.717) is 6.54 Å². The van der Waals surface area contributed by atoms with Crippen LogP contribution in [0.2, 0.25) is 0 Å². The Morgan fingerprint density at radius 1 is 1.05 bits per heavy atom. The summed E-state index contributed by atoms with van der Waals surface area (Å²) in [5.74, 6) is 1.58. The predicted octanol–water partition coefficient (Wildman–Crippen LogP) is 3.96. The molecule has 0 saturated carbocycles. The Hall–Kier alpha value is -2.75. The van der Waals surface area contributed by atoms with Gasteiger partial charge in [-0.3, -0.25) is 0 Å². The smallest absolute Gasteiger partial charge is 0.156 e. The number of hydrogen-bond acceptors (Lipinski definition) is 4. The number of ether oxygens (including phenoxy) is 1. The Bertz CT molecular complexity index is 708. The predicted molar refractivity (Wildman–Crippen MR) is 82.3 cm³/mol. The summed E-state index contributed by atoms with van der Waals surface area (Å²) in [6.07, 6.45) is 0. The van der Waals surface area contributed by atoms with Crippen LogP contribution in [0.25, 0.3) is 11.3 Å². The molecule has 0 spiro atoms. The maximum absolute atomic E-state index is 5.36. The summed E-state index contributed by atoms with van der Waals surface area (Å²) in [5.41, 5.74) is 2.81. The second-order valence-corrected chi connectivity index (χ2v) is 4.60. The molecule has 0 fully saturated rings. The van der Waals surface area contributed by atoms with Crippen molar-refractivity contribution in [3.63, 3.8) is 0 Å². The lowest BCUT2D eigenvalue weighted by Gasteiger charge is -2.08. The molecule has 0 atom stereocenters. The van der Waals surface area contributed by atoms with Crippen LogP contribution < -0.4 is 10.1 Å². The Balaban J connectivity index is 1.71. The van der Waals surface area contributed by atoms with Crippen LogP contribution in [0.15, 0.2) is 65.2 Å². The zero-order valence-electron chi connectivity index (χ0n) is 11.7. The average Bonchev–Trinajstić information content (AvgIpc) is 3.03. The molecule has 0 amide bonds. The maximum atomic E-state index is 5.36. The number of benzene rings is 2. The summed E-state index contributed by atoms with van der Waals surface area (Å²) in [5, 5.41) is 7.38. The third-order valence-corrected chi connectivity index (χ3v) is 3.19. The second-order valence-electron chi connectivity index (χ2n) is 4.60. The van der Waals surface area contributed by atoms with Gasteiger partial charge in [-0.15, -0.1) is 0 Å². The minimum absolute atomic E-state index is 0.556. The number of nitrogens with one attached hydrogen (secondary N) is 1. The minimum atomic E-state index is 0.556. The van der Waals surface area contributed by atoms with Crippen LogP contribution in [0, 0.1) is 0 Å². The van der Waals surface area contributed by atoms with Gasteiger partial charge in [0.25, 0.3) is 0 Å². The van der Waals surface area contributed by atoms with Crippen molar-refractivity contribution in [3.8, 4) is 17.0 Å². The summed E-state index contributed by atoms with van der Waals surface area (Å²) in [4.78, 5) is 0. The van der Waals surface area contributed by atoms with E-state index in [1.165, 1.54) is 0 Å². The van der Waals surface area contributed by atoms with Crippen LogP contribution in [0.1, 0.15) is 5.76 Å².